The second-order valence-electron chi connectivity index (χ2n) is 3.72. The van der Waals surface area contributed by atoms with E-state index in [1.54, 1.807) is 0 Å². The predicted molar refractivity (Wildman–Crippen MR) is 53.0 cm³/mol. The quantitative estimate of drug-likeness (QED) is 0.705. The zero-order chi connectivity index (χ0) is 10.1. The van der Waals surface area contributed by atoms with E-state index < -0.39 is 0 Å². The molecular weight excluding hydrogens is 202 g/mol. The molecule has 0 aliphatic carbocycles. The lowest BCUT2D eigenvalue weighted by Gasteiger charge is -2.13. The molecule has 0 aromatic carbocycles. The molecule has 0 saturated carbocycles. The lowest BCUT2D eigenvalue weighted by Crippen LogP contribution is -2.11. The molecule has 0 spiro atoms. The van der Waals surface area contributed by atoms with Crippen LogP contribution in [-0.2, 0) is 17.7 Å². The third kappa shape index (κ3) is 1.53. The summed E-state index contributed by atoms with van der Waals surface area (Å²) in [4.78, 5) is 0. The summed E-state index contributed by atoms with van der Waals surface area (Å²) in [7, 11) is 1.93. The fourth-order valence-corrected chi connectivity index (χ4v) is 2.00. The number of aromatic nitrogens is 3. The lowest BCUT2D eigenvalue weighted by atomic mass is 10.0. The standard InChI is InChI=1S/C9H14ClN3O/c1-6-3-4-14-8(6)9-12-11-7(5-10)13(9)2/h6,8H,3-5H2,1-2H3. The van der Waals surface area contributed by atoms with E-state index in [-0.39, 0.29) is 6.10 Å². The van der Waals surface area contributed by atoms with Gasteiger partial charge in [-0.15, -0.1) is 21.8 Å². The Morgan fingerprint density at radius 2 is 2.36 bits per heavy atom. The minimum absolute atomic E-state index is 0.0875. The Kier molecular flexibility index (Phi) is 2.74. The largest absolute Gasteiger partial charge is 0.370 e. The third-order valence-corrected chi connectivity index (χ3v) is 3.00. The molecule has 1 aliphatic heterocycles. The number of rotatable bonds is 2. The van der Waals surface area contributed by atoms with Crippen molar-refractivity contribution in [1.82, 2.24) is 14.8 Å². The monoisotopic (exact) mass is 215 g/mol. The van der Waals surface area contributed by atoms with E-state index in [1.807, 2.05) is 11.6 Å². The number of hydrogen-bond acceptors (Lipinski definition) is 3. The Hall–Kier alpha value is -0.610. The first-order valence-electron chi connectivity index (χ1n) is 4.79. The average molecular weight is 216 g/mol. The minimum Gasteiger partial charge on any atom is -0.370 e. The van der Waals surface area contributed by atoms with Crippen molar-refractivity contribution in [3.8, 4) is 0 Å². The summed E-state index contributed by atoms with van der Waals surface area (Å²) in [5.74, 6) is 2.60. The highest BCUT2D eigenvalue weighted by Crippen LogP contribution is 2.32. The van der Waals surface area contributed by atoms with Crippen molar-refractivity contribution in [1.29, 1.82) is 0 Å². The van der Waals surface area contributed by atoms with Crippen molar-refractivity contribution >= 4 is 11.6 Å². The summed E-state index contributed by atoms with van der Waals surface area (Å²) in [5.41, 5.74) is 0. The third-order valence-electron chi connectivity index (χ3n) is 2.76. The van der Waals surface area contributed by atoms with E-state index in [9.17, 15) is 0 Å². The summed E-state index contributed by atoms with van der Waals surface area (Å²) in [6.07, 6.45) is 1.18. The van der Waals surface area contributed by atoms with Crippen molar-refractivity contribution in [3.63, 3.8) is 0 Å². The molecular formula is C9H14ClN3O. The van der Waals surface area contributed by atoms with Crippen LogP contribution in [0.1, 0.15) is 31.1 Å². The molecule has 2 rings (SSSR count). The molecule has 2 unspecified atom stereocenters. The van der Waals surface area contributed by atoms with E-state index in [4.69, 9.17) is 16.3 Å². The molecule has 4 nitrogen and oxygen atoms in total. The molecule has 78 valence electrons. The highest BCUT2D eigenvalue weighted by molar-refractivity contribution is 6.16. The normalized spacial score (nSPS) is 27.1. The molecule has 1 fully saturated rings. The average Bonchev–Trinajstić information content (AvgIpc) is 2.72. The van der Waals surface area contributed by atoms with Crippen LogP contribution in [0.25, 0.3) is 0 Å². The molecule has 5 heteroatoms. The van der Waals surface area contributed by atoms with Gasteiger partial charge in [-0.1, -0.05) is 6.92 Å². The van der Waals surface area contributed by atoms with Gasteiger partial charge in [-0.25, -0.2) is 0 Å². The van der Waals surface area contributed by atoms with Gasteiger partial charge >= 0.3 is 0 Å². The number of hydrogen-bond donors (Lipinski definition) is 0. The van der Waals surface area contributed by atoms with Gasteiger partial charge < -0.3 is 9.30 Å². The molecule has 0 N–H and O–H groups in total. The van der Waals surface area contributed by atoms with Gasteiger partial charge in [-0.05, 0) is 12.3 Å². The van der Waals surface area contributed by atoms with Crippen LogP contribution in [0.5, 0.6) is 0 Å². The first kappa shape index (κ1) is 9.93. The first-order valence-corrected chi connectivity index (χ1v) is 5.33. The molecule has 1 saturated heterocycles. The van der Waals surface area contributed by atoms with Crippen LogP contribution in [0.2, 0.25) is 0 Å². The molecule has 2 heterocycles. The van der Waals surface area contributed by atoms with Crippen LogP contribution in [0.15, 0.2) is 0 Å². The van der Waals surface area contributed by atoms with Gasteiger partial charge in [0.15, 0.2) is 5.82 Å². The van der Waals surface area contributed by atoms with Crippen LogP contribution in [0.4, 0.5) is 0 Å². The van der Waals surface area contributed by atoms with Crippen molar-refractivity contribution in [3.05, 3.63) is 11.6 Å². The zero-order valence-corrected chi connectivity index (χ0v) is 9.16. The Labute approximate surface area is 88.2 Å². The Bertz CT molecular complexity index is 326. The second kappa shape index (κ2) is 3.87. The van der Waals surface area contributed by atoms with E-state index in [2.05, 4.69) is 17.1 Å². The number of alkyl halides is 1. The summed E-state index contributed by atoms with van der Waals surface area (Å²) < 4.78 is 7.55. The topological polar surface area (TPSA) is 39.9 Å². The Morgan fingerprint density at radius 3 is 2.86 bits per heavy atom. The summed E-state index contributed by atoms with van der Waals surface area (Å²) in [6.45, 7) is 2.99. The van der Waals surface area contributed by atoms with Gasteiger partial charge in [0.1, 0.15) is 11.9 Å². The van der Waals surface area contributed by atoms with Crippen LogP contribution in [0, 0.1) is 5.92 Å². The van der Waals surface area contributed by atoms with Crippen LogP contribution >= 0.6 is 11.6 Å². The summed E-state index contributed by atoms with van der Waals surface area (Å²) >= 11 is 5.72. The van der Waals surface area contributed by atoms with Crippen LogP contribution in [0.3, 0.4) is 0 Å². The van der Waals surface area contributed by atoms with Crippen molar-refractivity contribution in [2.75, 3.05) is 6.61 Å². The summed E-state index contributed by atoms with van der Waals surface area (Å²) in [6, 6.07) is 0. The van der Waals surface area contributed by atoms with Gasteiger partial charge in [0, 0.05) is 13.7 Å². The summed E-state index contributed by atoms with van der Waals surface area (Å²) in [5, 5.41) is 8.14. The molecule has 1 aliphatic rings. The molecule has 0 bridgehead atoms. The van der Waals surface area contributed by atoms with Crippen molar-refractivity contribution < 1.29 is 4.74 Å². The predicted octanol–water partition coefficient (Wildman–Crippen LogP) is 1.65. The number of nitrogens with zero attached hydrogens (tertiary/aromatic N) is 3. The van der Waals surface area contributed by atoms with Gasteiger partial charge in [0.2, 0.25) is 0 Å². The highest BCUT2D eigenvalue weighted by atomic mass is 35.5. The molecule has 2 atom stereocenters. The first-order chi connectivity index (χ1) is 6.74. The van der Waals surface area contributed by atoms with Crippen LogP contribution in [-0.4, -0.2) is 21.4 Å². The van der Waals surface area contributed by atoms with Gasteiger partial charge in [-0.3, -0.25) is 0 Å². The molecule has 0 radical (unpaired) electrons. The van der Waals surface area contributed by atoms with Crippen LogP contribution < -0.4 is 0 Å². The number of ether oxygens (including phenoxy) is 1. The smallest absolute Gasteiger partial charge is 0.162 e. The highest BCUT2D eigenvalue weighted by Gasteiger charge is 2.30. The van der Waals surface area contributed by atoms with Gasteiger partial charge in [-0.2, -0.15) is 0 Å². The minimum atomic E-state index is 0.0875. The lowest BCUT2D eigenvalue weighted by molar-refractivity contribution is 0.0847. The van der Waals surface area contributed by atoms with E-state index >= 15 is 0 Å². The number of halogens is 1. The maximum atomic E-state index is 5.72. The SMILES string of the molecule is CC1CCOC1c1nnc(CCl)n1C. The maximum absolute atomic E-state index is 5.72. The van der Waals surface area contributed by atoms with Gasteiger partial charge in [0.25, 0.3) is 0 Å². The zero-order valence-electron chi connectivity index (χ0n) is 8.40. The van der Waals surface area contributed by atoms with E-state index in [1.165, 1.54) is 0 Å². The maximum Gasteiger partial charge on any atom is 0.162 e. The molecule has 1 aromatic rings. The van der Waals surface area contributed by atoms with Crippen molar-refractivity contribution in [2.24, 2.45) is 13.0 Å². The van der Waals surface area contributed by atoms with E-state index in [0.717, 1.165) is 24.7 Å². The fraction of sp³-hybridized carbons (Fsp3) is 0.778. The van der Waals surface area contributed by atoms with Gasteiger partial charge in [0.05, 0.1) is 5.88 Å². The fourth-order valence-electron chi connectivity index (χ4n) is 1.77. The molecule has 1 aromatic heterocycles. The van der Waals surface area contributed by atoms with Crippen molar-refractivity contribution in [2.45, 2.75) is 25.3 Å². The Morgan fingerprint density at radius 1 is 1.57 bits per heavy atom. The van der Waals surface area contributed by atoms with E-state index in [0.29, 0.717) is 11.8 Å². The Balaban J connectivity index is 2.27. The molecule has 14 heavy (non-hydrogen) atoms. The second-order valence-corrected chi connectivity index (χ2v) is 3.99. The molecule has 0 amide bonds.